The molecule has 0 rings (SSSR count). The lowest BCUT2D eigenvalue weighted by atomic mass is 10.1. The van der Waals surface area contributed by atoms with E-state index in [0.29, 0.717) is 6.54 Å². The van der Waals surface area contributed by atoms with Crippen molar-refractivity contribution in [1.29, 1.82) is 0 Å². The van der Waals surface area contributed by atoms with Gasteiger partial charge in [-0.2, -0.15) is 13.2 Å². The summed E-state index contributed by atoms with van der Waals surface area (Å²) >= 11 is 0. The normalized spacial score (nSPS) is 16.1. The molecule has 6 heteroatoms. The van der Waals surface area contributed by atoms with E-state index in [2.05, 4.69) is 5.32 Å². The molecule has 0 aromatic rings. The van der Waals surface area contributed by atoms with Gasteiger partial charge in [0.05, 0.1) is 0 Å². The monoisotopic (exact) mass is 227 g/mol. The van der Waals surface area contributed by atoms with Crippen LogP contribution in [0, 0.1) is 11.8 Å². The number of hydrogen-bond donors (Lipinski definition) is 2. The molecule has 0 saturated carbocycles. The van der Waals surface area contributed by atoms with Gasteiger partial charge in [-0.3, -0.25) is 4.79 Å². The first-order chi connectivity index (χ1) is 6.79. The molecule has 0 aromatic carbocycles. The average Bonchev–Trinajstić information content (AvgIpc) is 2.09. The second kappa shape index (κ2) is 5.95. The fourth-order valence-corrected chi connectivity index (χ4v) is 0.961. The zero-order valence-electron chi connectivity index (χ0n) is 8.77. The van der Waals surface area contributed by atoms with E-state index in [1.54, 1.807) is 0 Å². The van der Waals surface area contributed by atoms with Crippen molar-refractivity contribution in [3.05, 3.63) is 0 Å². The van der Waals surface area contributed by atoms with Crippen LogP contribution in [0.25, 0.3) is 0 Å². The zero-order valence-corrected chi connectivity index (χ0v) is 8.77. The minimum Gasteiger partial charge on any atom is -0.481 e. The molecule has 0 heterocycles. The van der Waals surface area contributed by atoms with Gasteiger partial charge >= 0.3 is 12.1 Å². The molecule has 2 atom stereocenters. The molecule has 0 saturated heterocycles. The lowest BCUT2D eigenvalue weighted by Crippen LogP contribution is -2.40. The van der Waals surface area contributed by atoms with Crippen molar-refractivity contribution in [3.8, 4) is 0 Å². The van der Waals surface area contributed by atoms with E-state index in [4.69, 9.17) is 5.11 Å². The summed E-state index contributed by atoms with van der Waals surface area (Å²) in [4.78, 5) is 10.3. The molecular weight excluding hydrogens is 211 g/mol. The summed E-state index contributed by atoms with van der Waals surface area (Å²) in [5, 5.41) is 10.9. The maximum absolute atomic E-state index is 12.2. The summed E-state index contributed by atoms with van der Waals surface area (Å²) in [6, 6.07) is 0. The van der Waals surface area contributed by atoms with Gasteiger partial charge in [0, 0.05) is 6.54 Å². The maximum Gasteiger partial charge on any atom is 0.403 e. The zero-order chi connectivity index (χ0) is 12.1. The third kappa shape index (κ3) is 5.61. The third-order valence-corrected chi connectivity index (χ3v) is 2.23. The number of carboxylic acids is 1. The summed E-state index contributed by atoms with van der Waals surface area (Å²) in [6.45, 7) is 3.64. The molecule has 0 aliphatic heterocycles. The fourth-order valence-electron chi connectivity index (χ4n) is 0.961. The topological polar surface area (TPSA) is 49.3 Å². The molecule has 2 N–H and O–H groups in total. The second-order valence-electron chi connectivity index (χ2n) is 3.60. The van der Waals surface area contributed by atoms with Gasteiger partial charge in [0.15, 0.2) is 5.92 Å². The van der Waals surface area contributed by atoms with Gasteiger partial charge in [0.2, 0.25) is 0 Å². The van der Waals surface area contributed by atoms with E-state index < -0.39 is 24.6 Å². The number of carbonyl (C=O) groups is 1. The molecule has 90 valence electrons. The van der Waals surface area contributed by atoms with Gasteiger partial charge < -0.3 is 10.4 Å². The van der Waals surface area contributed by atoms with E-state index in [9.17, 15) is 18.0 Å². The highest BCUT2D eigenvalue weighted by molar-refractivity contribution is 5.71. The lowest BCUT2D eigenvalue weighted by Gasteiger charge is -2.17. The van der Waals surface area contributed by atoms with Crippen molar-refractivity contribution < 1.29 is 23.1 Å². The van der Waals surface area contributed by atoms with E-state index in [1.165, 1.54) is 0 Å². The summed E-state index contributed by atoms with van der Waals surface area (Å²) in [7, 11) is 0. The molecule has 0 aliphatic carbocycles. The van der Waals surface area contributed by atoms with Crippen molar-refractivity contribution in [2.24, 2.45) is 11.8 Å². The Hall–Kier alpha value is -0.780. The molecule has 0 aliphatic rings. The maximum atomic E-state index is 12.2. The van der Waals surface area contributed by atoms with Gasteiger partial charge in [-0.05, 0) is 12.5 Å². The van der Waals surface area contributed by atoms with E-state index in [1.807, 2.05) is 13.8 Å². The van der Waals surface area contributed by atoms with Gasteiger partial charge in [-0.25, -0.2) is 0 Å². The van der Waals surface area contributed by atoms with Crippen molar-refractivity contribution in [3.63, 3.8) is 0 Å². The Morgan fingerprint density at radius 2 is 1.93 bits per heavy atom. The van der Waals surface area contributed by atoms with Gasteiger partial charge in [-0.15, -0.1) is 0 Å². The van der Waals surface area contributed by atoms with Crippen LogP contribution in [0.3, 0.4) is 0 Å². The van der Waals surface area contributed by atoms with Crippen LogP contribution in [0.5, 0.6) is 0 Å². The summed E-state index contributed by atoms with van der Waals surface area (Å²) in [5.41, 5.74) is 0. The number of alkyl halides is 3. The summed E-state index contributed by atoms with van der Waals surface area (Å²) < 4.78 is 36.5. The molecule has 0 aromatic heterocycles. The van der Waals surface area contributed by atoms with Crippen LogP contribution >= 0.6 is 0 Å². The highest BCUT2D eigenvalue weighted by atomic mass is 19.4. The van der Waals surface area contributed by atoms with Crippen LogP contribution in [0.2, 0.25) is 0 Å². The molecule has 15 heavy (non-hydrogen) atoms. The Balaban J connectivity index is 4.05. The number of carboxylic acid groups (broad SMARTS) is 1. The van der Waals surface area contributed by atoms with Crippen LogP contribution in [0.4, 0.5) is 13.2 Å². The second-order valence-corrected chi connectivity index (χ2v) is 3.60. The molecule has 3 nitrogen and oxygen atoms in total. The smallest absolute Gasteiger partial charge is 0.403 e. The molecular formula is C9H16F3NO2. The molecule has 0 spiro atoms. The quantitative estimate of drug-likeness (QED) is 0.728. The van der Waals surface area contributed by atoms with Gasteiger partial charge in [-0.1, -0.05) is 20.3 Å². The Labute approximate surface area is 86.7 Å². The Bertz CT molecular complexity index is 206. The van der Waals surface area contributed by atoms with Crippen LogP contribution in [-0.2, 0) is 4.79 Å². The Morgan fingerprint density at radius 1 is 1.40 bits per heavy atom. The molecule has 0 amide bonds. The van der Waals surface area contributed by atoms with Gasteiger partial charge in [0.25, 0.3) is 0 Å². The van der Waals surface area contributed by atoms with E-state index >= 15 is 0 Å². The first-order valence-electron chi connectivity index (χ1n) is 4.79. The van der Waals surface area contributed by atoms with Crippen LogP contribution in [0.15, 0.2) is 0 Å². The predicted molar refractivity (Wildman–Crippen MR) is 49.5 cm³/mol. The number of hydrogen-bond acceptors (Lipinski definition) is 2. The largest absolute Gasteiger partial charge is 0.481 e. The molecule has 0 bridgehead atoms. The minimum atomic E-state index is -4.69. The fraction of sp³-hybridized carbons (Fsp3) is 0.889. The van der Waals surface area contributed by atoms with Crippen molar-refractivity contribution in [1.82, 2.24) is 5.32 Å². The van der Waals surface area contributed by atoms with Crippen LogP contribution in [0.1, 0.15) is 20.3 Å². The number of rotatable bonds is 6. The van der Waals surface area contributed by atoms with Crippen molar-refractivity contribution in [2.75, 3.05) is 13.1 Å². The Kier molecular flexibility index (Phi) is 5.64. The van der Waals surface area contributed by atoms with Crippen LogP contribution in [-0.4, -0.2) is 30.3 Å². The molecule has 0 fully saturated rings. The average molecular weight is 227 g/mol. The molecule has 0 radical (unpaired) electrons. The van der Waals surface area contributed by atoms with Crippen LogP contribution < -0.4 is 5.32 Å². The Morgan fingerprint density at radius 3 is 2.27 bits per heavy atom. The van der Waals surface area contributed by atoms with Crippen molar-refractivity contribution in [2.45, 2.75) is 26.4 Å². The highest BCUT2D eigenvalue weighted by Crippen LogP contribution is 2.25. The summed E-state index contributed by atoms with van der Waals surface area (Å²) in [5.74, 6) is -3.91. The van der Waals surface area contributed by atoms with Crippen molar-refractivity contribution >= 4 is 5.97 Å². The standard InChI is InChI=1S/C9H16F3NO2/c1-3-6(2)4-13-5-7(8(14)15)9(10,11)12/h6-7,13H,3-5H2,1-2H3,(H,14,15). The summed E-state index contributed by atoms with van der Waals surface area (Å²) in [6.07, 6.45) is -3.84. The highest BCUT2D eigenvalue weighted by Gasteiger charge is 2.44. The number of halogens is 3. The number of nitrogens with one attached hydrogen (secondary N) is 1. The minimum absolute atomic E-state index is 0.243. The SMILES string of the molecule is CCC(C)CNCC(C(=O)O)C(F)(F)F. The number of aliphatic carboxylic acids is 1. The van der Waals surface area contributed by atoms with E-state index in [-0.39, 0.29) is 5.92 Å². The van der Waals surface area contributed by atoms with Gasteiger partial charge in [0.1, 0.15) is 0 Å². The third-order valence-electron chi connectivity index (χ3n) is 2.23. The first-order valence-corrected chi connectivity index (χ1v) is 4.79. The van der Waals surface area contributed by atoms with E-state index in [0.717, 1.165) is 6.42 Å². The lowest BCUT2D eigenvalue weighted by molar-refractivity contribution is -0.192. The first kappa shape index (κ1) is 14.2. The predicted octanol–water partition coefficient (Wildman–Crippen LogP) is 1.89. The molecule has 2 unspecified atom stereocenters.